The monoisotopic (exact) mass is 515 g/mol. The van der Waals surface area contributed by atoms with E-state index in [4.69, 9.17) is 12.2 Å². The minimum atomic E-state index is -3.73. The Morgan fingerprint density at radius 1 is 0.778 bits per heavy atom. The fraction of sp³-hybridized carbons (Fsp3) is 0.0714. The van der Waals surface area contributed by atoms with Gasteiger partial charge in [-0.3, -0.25) is 14.4 Å². The Labute approximate surface area is 216 Å². The summed E-state index contributed by atoms with van der Waals surface area (Å²) in [6, 6.07) is 32.3. The highest BCUT2D eigenvalue weighted by molar-refractivity contribution is 7.92. The van der Waals surface area contributed by atoms with E-state index in [1.165, 1.54) is 16.4 Å². The molecule has 0 radical (unpaired) electrons. The van der Waals surface area contributed by atoms with E-state index >= 15 is 0 Å². The normalized spacial score (nSPS) is 10.9. The fourth-order valence-electron chi connectivity index (χ4n) is 3.71. The summed E-state index contributed by atoms with van der Waals surface area (Å²) in [5.41, 5.74) is 3.71. The first-order chi connectivity index (χ1) is 17.4. The van der Waals surface area contributed by atoms with Gasteiger partial charge < -0.3 is 5.32 Å². The molecule has 0 spiro atoms. The quantitative estimate of drug-likeness (QED) is 0.309. The average Bonchev–Trinajstić information content (AvgIpc) is 2.90. The molecular formula is C28H25N3O3S2. The van der Waals surface area contributed by atoms with Crippen molar-refractivity contribution in [3.63, 3.8) is 0 Å². The predicted molar refractivity (Wildman–Crippen MR) is 149 cm³/mol. The minimum absolute atomic E-state index is 0.113. The number of rotatable bonds is 7. The number of benzene rings is 4. The minimum Gasteiger partial charge on any atom is -0.332 e. The van der Waals surface area contributed by atoms with Crippen molar-refractivity contribution < 1.29 is 13.2 Å². The largest absolute Gasteiger partial charge is 0.332 e. The van der Waals surface area contributed by atoms with Crippen molar-refractivity contribution in [2.75, 3.05) is 16.2 Å². The molecule has 0 aromatic heterocycles. The van der Waals surface area contributed by atoms with Gasteiger partial charge in [0, 0.05) is 17.8 Å². The lowest BCUT2D eigenvalue weighted by molar-refractivity contribution is 0.0977. The maximum absolute atomic E-state index is 13.1. The van der Waals surface area contributed by atoms with Gasteiger partial charge in [0.2, 0.25) is 0 Å². The Bertz CT molecular complexity index is 1440. The van der Waals surface area contributed by atoms with E-state index in [1.807, 2.05) is 48.5 Å². The van der Waals surface area contributed by atoms with Crippen LogP contribution >= 0.6 is 12.2 Å². The van der Waals surface area contributed by atoms with Crippen LogP contribution in [0.4, 0.5) is 11.4 Å². The molecule has 36 heavy (non-hydrogen) atoms. The highest BCUT2D eigenvalue weighted by Crippen LogP contribution is 2.24. The average molecular weight is 516 g/mol. The van der Waals surface area contributed by atoms with Crippen LogP contribution in [-0.4, -0.2) is 26.0 Å². The molecule has 0 bridgehead atoms. The highest BCUT2D eigenvalue weighted by Gasteiger charge is 2.23. The van der Waals surface area contributed by atoms with Crippen molar-refractivity contribution in [3.8, 4) is 11.1 Å². The molecule has 4 aromatic rings. The second-order valence-electron chi connectivity index (χ2n) is 7.88. The van der Waals surface area contributed by atoms with Crippen LogP contribution in [0, 0.1) is 0 Å². The topological polar surface area (TPSA) is 78.5 Å². The van der Waals surface area contributed by atoms with Gasteiger partial charge in [-0.15, -0.1) is 0 Å². The third-order valence-corrected chi connectivity index (χ3v) is 7.63. The zero-order valence-corrected chi connectivity index (χ0v) is 21.2. The zero-order valence-electron chi connectivity index (χ0n) is 19.6. The lowest BCUT2D eigenvalue weighted by atomic mass is 10.0. The van der Waals surface area contributed by atoms with Gasteiger partial charge in [-0.25, -0.2) is 8.42 Å². The molecule has 0 aliphatic carbocycles. The molecule has 4 rings (SSSR count). The van der Waals surface area contributed by atoms with Crippen molar-refractivity contribution in [2.24, 2.45) is 0 Å². The van der Waals surface area contributed by atoms with Crippen molar-refractivity contribution in [1.82, 2.24) is 5.32 Å². The van der Waals surface area contributed by atoms with Crippen LogP contribution < -0.4 is 14.9 Å². The number of carbonyl (C=O) groups excluding carboxylic acids is 1. The zero-order chi connectivity index (χ0) is 25.5. The number of carbonyl (C=O) groups is 1. The second-order valence-corrected chi connectivity index (χ2v) is 10.2. The Balaban J connectivity index is 1.39. The lowest BCUT2D eigenvalue weighted by Gasteiger charge is -2.23. The number of thiocarbonyl (C=S) groups is 1. The molecular weight excluding hydrogens is 490 g/mol. The van der Waals surface area contributed by atoms with Crippen LogP contribution in [0.3, 0.4) is 0 Å². The van der Waals surface area contributed by atoms with Gasteiger partial charge >= 0.3 is 0 Å². The molecule has 4 aromatic carbocycles. The van der Waals surface area contributed by atoms with Gasteiger partial charge in [0.05, 0.1) is 10.6 Å². The van der Waals surface area contributed by atoms with Crippen molar-refractivity contribution in [2.45, 2.75) is 11.8 Å². The number of amides is 1. The molecule has 0 heterocycles. The molecule has 1 amide bonds. The van der Waals surface area contributed by atoms with Gasteiger partial charge in [0.1, 0.15) is 0 Å². The molecule has 0 atom stereocenters. The Hall–Kier alpha value is -4.01. The number of nitrogens with zero attached hydrogens (tertiary/aromatic N) is 1. The summed E-state index contributed by atoms with van der Waals surface area (Å²) >= 11 is 5.28. The molecule has 0 fully saturated rings. The first-order valence-corrected chi connectivity index (χ1v) is 13.2. The van der Waals surface area contributed by atoms with Crippen LogP contribution in [0.2, 0.25) is 0 Å². The Morgan fingerprint density at radius 2 is 1.33 bits per heavy atom. The summed E-state index contributed by atoms with van der Waals surface area (Å²) in [6.07, 6.45) is 0. The Morgan fingerprint density at radius 3 is 1.92 bits per heavy atom. The van der Waals surface area contributed by atoms with Crippen LogP contribution in [0.5, 0.6) is 0 Å². The molecule has 6 nitrogen and oxygen atoms in total. The predicted octanol–water partition coefficient (Wildman–Crippen LogP) is 5.70. The molecule has 182 valence electrons. The van der Waals surface area contributed by atoms with Crippen molar-refractivity contribution in [3.05, 3.63) is 115 Å². The molecule has 0 unspecified atom stereocenters. The fourth-order valence-corrected chi connectivity index (χ4v) is 5.39. The number of hydrogen-bond acceptors (Lipinski definition) is 4. The van der Waals surface area contributed by atoms with E-state index in [9.17, 15) is 13.2 Å². The standard InChI is InChI=1S/C28H25N3O3S2/c1-2-31(25-11-7-4-8-12-25)36(33,34)26-19-17-24(18-20-26)29-28(35)30-27(32)23-15-13-22(14-16-23)21-9-5-3-6-10-21/h3-20H,2H2,1H3,(H2,29,30,32,35). The first kappa shape index (κ1) is 25.1. The molecule has 0 saturated carbocycles. The van der Waals surface area contributed by atoms with Crippen LogP contribution in [0.25, 0.3) is 11.1 Å². The van der Waals surface area contributed by atoms with Crippen LogP contribution in [-0.2, 0) is 10.0 Å². The summed E-state index contributed by atoms with van der Waals surface area (Å²) in [6.45, 7) is 2.09. The lowest BCUT2D eigenvalue weighted by Crippen LogP contribution is -2.34. The second kappa shape index (κ2) is 11.2. The first-order valence-electron chi connectivity index (χ1n) is 11.3. The summed E-state index contributed by atoms with van der Waals surface area (Å²) in [5.74, 6) is -0.340. The number of sulfonamides is 1. The van der Waals surface area contributed by atoms with E-state index in [0.717, 1.165) is 11.1 Å². The smallest absolute Gasteiger partial charge is 0.264 e. The van der Waals surface area contributed by atoms with Gasteiger partial charge in [0.15, 0.2) is 5.11 Å². The third-order valence-electron chi connectivity index (χ3n) is 5.51. The number of hydrogen-bond donors (Lipinski definition) is 2. The van der Waals surface area contributed by atoms with Crippen LogP contribution in [0.15, 0.2) is 114 Å². The van der Waals surface area contributed by atoms with Crippen molar-refractivity contribution >= 4 is 44.6 Å². The summed E-state index contributed by atoms with van der Waals surface area (Å²) in [4.78, 5) is 12.8. The van der Waals surface area contributed by atoms with E-state index in [0.29, 0.717) is 23.5 Å². The maximum Gasteiger partial charge on any atom is 0.264 e. The summed E-state index contributed by atoms with van der Waals surface area (Å²) < 4.78 is 27.6. The van der Waals surface area contributed by atoms with Gasteiger partial charge in [0.25, 0.3) is 15.9 Å². The summed E-state index contributed by atoms with van der Waals surface area (Å²) in [5, 5.41) is 5.69. The summed E-state index contributed by atoms with van der Waals surface area (Å²) in [7, 11) is -3.73. The molecule has 0 saturated heterocycles. The molecule has 0 aliphatic rings. The SMILES string of the molecule is CCN(c1ccccc1)S(=O)(=O)c1ccc(NC(=S)NC(=O)c2ccc(-c3ccccc3)cc2)cc1. The maximum atomic E-state index is 13.1. The number of para-hydroxylation sites is 1. The van der Waals surface area contributed by atoms with Crippen LogP contribution in [0.1, 0.15) is 17.3 Å². The van der Waals surface area contributed by atoms with Gasteiger partial charge in [-0.05, 0) is 78.8 Å². The van der Waals surface area contributed by atoms with E-state index in [1.54, 1.807) is 55.5 Å². The Kier molecular flexibility index (Phi) is 7.77. The van der Waals surface area contributed by atoms with E-state index < -0.39 is 10.0 Å². The molecule has 8 heteroatoms. The van der Waals surface area contributed by atoms with Gasteiger partial charge in [-0.1, -0.05) is 60.7 Å². The van der Waals surface area contributed by atoms with E-state index in [-0.39, 0.29) is 15.9 Å². The number of nitrogens with one attached hydrogen (secondary N) is 2. The third kappa shape index (κ3) is 5.79. The number of anilines is 2. The van der Waals surface area contributed by atoms with Crippen molar-refractivity contribution in [1.29, 1.82) is 0 Å². The molecule has 0 aliphatic heterocycles. The molecule has 2 N–H and O–H groups in total. The van der Waals surface area contributed by atoms with Gasteiger partial charge in [-0.2, -0.15) is 0 Å². The van der Waals surface area contributed by atoms with E-state index in [2.05, 4.69) is 10.6 Å². The highest BCUT2D eigenvalue weighted by atomic mass is 32.2.